The van der Waals surface area contributed by atoms with Crippen LogP contribution in [-0.2, 0) is 9.53 Å². The minimum Gasteiger partial charge on any atom is -0.372 e. The van der Waals surface area contributed by atoms with Gasteiger partial charge in [0.25, 0.3) is 5.91 Å². The molecular formula is C12H14N2O3. The molecule has 0 atom stereocenters. The van der Waals surface area contributed by atoms with E-state index in [2.05, 4.69) is 0 Å². The monoisotopic (exact) mass is 234 g/mol. The predicted molar refractivity (Wildman–Crippen MR) is 62.7 cm³/mol. The molecule has 2 rings (SSSR count). The number of amides is 2. The van der Waals surface area contributed by atoms with Gasteiger partial charge in [0, 0.05) is 24.4 Å². The molecule has 2 N–H and O–H groups in total. The first-order valence-corrected chi connectivity index (χ1v) is 5.46. The van der Waals surface area contributed by atoms with Crippen molar-refractivity contribution in [3.8, 4) is 0 Å². The normalized spacial score (nSPS) is 16.7. The number of hydrogen-bond acceptors (Lipinski definition) is 3. The lowest BCUT2D eigenvalue weighted by atomic mass is 10.2. The zero-order valence-corrected chi connectivity index (χ0v) is 9.39. The molecule has 1 aromatic rings. The Morgan fingerprint density at radius 2 is 2.00 bits per heavy atom. The van der Waals surface area contributed by atoms with Crippen molar-refractivity contribution in [1.29, 1.82) is 0 Å². The van der Waals surface area contributed by atoms with E-state index < -0.39 is 5.91 Å². The van der Waals surface area contributed by atoms with Gasteiger partial charge in [-0.25, -0.2) is 0 Å². The average Bonchev–Trinajstić information content (AvgIpc) is 2.54. The summed E-state index contributed by atoms with van der Waals surface area (Å²) in [5, 5.41) is 0. The van der Waals surface area contributed by atoms with Crippen LogP contribution >= 0.6 is 0 Å². The molecule has 0 radical (unpaired) electrons. The molecule has 17 heavy (non-hydrogen) atoms. The standard InChI is InChI=1S/C12H14N2O3/c13-12(16)9-2-4-10(5-3-9)14-6-1-7-17-8-11(14)15/h2-5H,1,6-8H2,(H2,13,16). The van der Waals surface area contributed by atoms with Crippen molar-refractivity contribution >= 4 is 17.5 Å². The van der Waals surface area contributed by atoms with E-state index in [-0.39, 0.29) is 12.5 Å². The summed E-state index contributed by atoms with van der Waals surface area (Å²) in [5.41, 5.74) is 6.36. The van der Waals surface area contributed by atoms with Gasteiger partial charge in [-0.1, -0.05) is 0 Å². The van der Waals surface area contributed by atoms with Crippen molar-refractivity contribution in [2.45, 2.75) is 6.42 Å². The van der Waals surface area contributed by atoms with Crippen LogP contribution in [0.25, 0.3) is 0 Å². The molecule has 5 heteroatoms. The van der Waals surface area contributed by atoms with Crippen LogP contribution in [0.15, 0.2) is 24.3 Å². The first-order valence-electron chi connectivity index (χ1n) is 5.46. The minimum absolute atomic E-state index is 0.0608. The average molecular weight is 234 g/mol. The fraction of sp³-hybridized carbons (Fsp3) is 0.333. The summed E-state index contributed by atoms with van der Waals surface area (Å²) in [6, 6.07) is 6.69. The van der Waals surface area contributed by atoms with Gasteiger partial charge in [0.15, 0.2) is 0 Å². The van der Waals surface area contributed by atoms with Crippen molar-refractivity contribution < 1.29 is 14.3 Å². The van der Waals surface area contributed by atoms with E-state index in [9.17, 15) is 9.59 Å². The van der Waals surface area contributed by atoms with Gasteiger partial charge >= 0.3 is 0 Å². The second-order valence-electron chi connectivity index (χ2n) is 3.86. The summed E-state index contributed by atoms with van der Waals surface area (Å²) < 4.78 is 5.16. The van der Waals surface area contributed by atoms with Gasteiger partial charge in [-0.3, -0.25) is 9.59 Å². The van der Waals surface area contributed by atoms with Crippen molar-refractivity contribution in [2.24, 2.45) is 5.73 Å². The van der Waals surface area contributed by atoms with Crippen LogP contribution in [0.1, 0.15) is 16.8 Å². The Morgan fingerprint density at radius 3 is 2.65 bits per heavy atom. The number of rotatable bonds is 2. The Balaban J connectivity index is 2.20. The van der Waals surface area contributed by atoms with E-state index in [1.54, 1.807) is 29.2 Å². The number of primary amides is 1. The van der Waals surface area contributed by atoms with Gasteiger partial charge in [0.2, 0.25) is 5.91 Å². The SMILES string of the molecule is NC(=O)c1ccc(N2CCCOCC2=O)cc1. The first kappa shape index (κ1) is 11.6. The van der Waals surface area contributed by atoms with Crippen LogP contribution in [0.4, 0.5) is 5.69 Å². The second kappa shape index (κ2) is 4.97. The molecule has 2 amide bonds. The number of carbonyl (C=O) groups is 2. The summed E-state index contributed by atoms with van der Waals surface area (Å²) in [6.45, 7) is 1.34. The fourth-order valence-electron chi connectivity index (χ4n) is 1.77. The second-order valence-corrected chi connectivity index (χ2v) is 3.86. The van der Waals surface area contributed by atoms with Gasteiger partial charge in [-0.15, -0.1) is 0 Å². The predicted octanol–water partition coefficient (Wildman–Crippen LogP) is 0.539. The lowest BCUT2D eigenvalue weighted by molar-refractivity contribution is -0.122. The molecule has 1 aliphatic rings. The quantitative estimate of drug-likeness (QED) is 0.811. The molecule has 1 saturated heterocycles. The Morgan fingerprint density at radius 1 is 1.29 bits per heavy atom. The van der Waals surface area contributed by atoms with Crippen molar-refractivity contribution in [3.63, 3.8) is 0 Å². The molecule has 0 saturated carbocycles. The van der Waals surface area contributed by atoms with Gasteiger partial charge in [0.1, 0.15) is 6.61 Å². The van der Waals surface area contributed by atoms with Crippen LogP contribution in [0, 0.1) is 0 Å². The highest BCUT2D eigenvalue weighted by Gasteiger charge is 2.18. The van der Waals surface area contributed by atoms with Crippen LogP contribution in [-0.4, -0.2) is 31.6 Å². The number of benzene rings is 1. The maximum Gasteiger partial charge on any atom is 0.252 e. The van der Waals surface area contributed by atoms with Gasteiger partial charge in [-0.2, -0.15) is 0 Å². The molecule has 0 bridgehead atoms. The van der Waals surface area contributed by atoms with Crippen molar-refractivity contribution in [1.82, 2.24) is 0 Å². The van der Waals surface area contributed by atoms with Crippen LogP contribution in [0.2, 0.25) is 0 Å². The van der Waals surface area contributed by atoms with E-state index in [1.807, 2.05) is 0 Å². The molecule has 1 fully saturated rings. The zero-order chi connectivity index (χ0) is 12.3. The highest BCUT2D eigenvalue weighted by atomic mass is 16.5. The van der Waals surface area contributed by atoms with E-state index in [4.69, 9.17) is 10.5 Å². The Labute approximate surface area is 99.2 Å². The Hall–Kier alpha value is -1.88. The van der Waals surface area contributed by atoms with Crippen LogP contribution in [0.5, 0.6) is 0 Å². The van der Waals surface area contributed by atoms with Gasteiger partial charge < -0.3 is 15.4 Å². The third-order valence-corrected chi connectivity index (χ3v) is 2.66. The largest absolute Gasteiger partial charge is 0.372 e. The highest BCUT2D eigenvalue weighted by molar-refractivity contribution is 5.96. The number of anilines is 1. The molecule has 1 aromatic carbocycles. The Kier molecular flexibility index (Phi) is 3.39. The third kappa shape index (κ3) is 2.62. The topological polar surface area (TPSA) is 72.6 Å². The number of hydrogen-bond donors (Lipinski definition) is 1. The molecule has 0 aromatic heterocycles. The molecule has 1 aliphatic heterocycles. The lowest BCUT2D eigenvalue weighted by Gasteiger charge is -2.19. The smallest absolute Gasteiger partial charge is 0.252 e. The van der Waals surface area contributed by atoms with Crippen molar-refractivity contribution in [2.75, 3.05) is 24.7 Å². The number of nitrogens with zero attached hydrogens (tertiary/aromatic N) is 1. The summed E-state index contributed by atoms with van der Waals surface area (Å²) >= 11 is 0. The minimum atomic E-state index is -0.470. The van der Waals surface area contributed by atoms with E-state index in [0.717, 1.165) is 12.1 Å². The molecule has 0 spiro atoms. The highest BCUT2D eigenvalue weighted by Crippen LogP contribution is 2.17. The molecule has 5 nitrogen and oxygen atoms in total. The summed E-state index contributed by atoms with van der Waals surface area (Å²) in [4.78, 5) is 24.3. The summed E-state index contributed by atoms with van der Waals surface area (Å²) in [5.74, 6) is -0.531. The third-order valence-electron chi connectivity index (χ3n) is 2.66. The summed E-state index contributed by atoms with van der Waals surface area (Å²) in [6.07, 6.45) is 0.809. The molecule has 0 aliphatic carbocycles. The fourth-order valence-corrected chi connectivity index (χ4v) is 1.77. The maximum absolute atomic E-state index is 11.7. The van der Waals surface area contributed by atoms with E-state index in [1.165, 1.54) is 0 Å². The molecule has 0 unspecified atom stereocenters. The van der Waals surface area contributed by atoms with Crippen molar-refractivity contribution in [3.05, 3.63) is 29.8 Å². The maximum atomic E-state index is 11.7. The van der Waals surface area contributed by atoms with E-state index in [0.29, 0.717) is 18.7 Å². The van der Waals surface area contributed by atoms with E-state index >= 15 is 0 Å². The van der Waals surface area contributed by atoms with Gasteiger partial charge in [0.05, 0.1) is 0 Å². The van der Waals surface area contributed by atoms with Crippen LogP contribution < -0.4 is 10.6 Å². The zero-order valence-electron chi connectivity index (χ0n) is 9.39. The number of carbonyl (C=O) groups excluding carboxylic acids is 2. The van der Waals surface area contributed by atoms with Crippen LogP contribution in [0.3, 0.4) is 0 Å². The lowest BCUT2D eigenvalue weighted by Crippen LogP contribution is -2.32. The number of ether oxygens (including phenoxy) is 1. The Bertz CT molecular complexity index is 428. The first-order chi connectivity index (χ1) is 8.18. The molecular weight excluding hydrogens is 220 g/mol. The molecule has 1 heterocycles. The number of nitrogens with two attached hydrogens (primary N) is 1. The summed E-state index contributed by atoms with van der Waals surface area (Å²) in [7, 11) is 0. The molecule has 90 valence electrons. The van der Waals surface area contributed by atoms with Gasteiger partial charge in [-0.05, 0) is 30.7 Å².